The SMILES string of the molecule is CCCCc1nc2c(n1-c1ccc(-c3ccccc3C(=O)O)cc1)C(=O)NCC(=O)N2C. The van der Waals surface area contributed by atoms with Crippen LogP contribution in [-0.2, 0) is 11.2 Å². The highest BCUT2D eigenvalue weighted by Crippen LogP contribution is 2.30. The van der Waals surface area contributed by atoms with Gasteiger partial charge < -0.3 is 10.4 Å². The number of nitrogens with one attached hydrogen (secondary N) is 1. The summed E-state index contributed by atoms with van der Waals surface area (Å²) < 4.78 is 1.79. The molecule has 2 aromatic carbocycles. The average molecular weight is 432 g/mol. The second-order valence-corrected chi connectivity index (χ2v) is 7.67. The van der Waals surface area contributed by atoms with Crippen LogP contribution in [0.4, 0.5) is 5.82 Å². The zero-order chi connectivity index (χ0) is 22.8. The molecule has 8 nitrogen and oxygen atoms in total. The molecule has 4 rings (SSSR count). The van der Waals surface area contributed by atoms with Gasteiger partial charge in [0, 0.05) is 19.2 Å². The molecule has 3 aromatic rings. The lowest BCUT2D eigenvalue weighted by molar-refractivity contribution is -0.117. The molecule has 0 aliphatic carbocycles. The van der Waals surface area contributed by atoms with E-state index in [1.165, 1.54) is 4.90 Å². The number of aryl methyl sites for hydroxylation is 1. The van der Waals surface area contributed by atoms with E-state index in [0.717, 1.165) is 24.1 Å². The first-order valence-electron chi connectivity index (χ1n) is 10.5. The lowest BCUT2D eigenvalue weighted by Gasteiger charge is -2.13. The molecular formula is C24H24N4O4. The molecule has 32 heavy (non-hydrogen) atoms. The fourth-order valence-electron chi connectivity index (χ4n) is 3.86. The number of anilines is 1. The number of hydrogen-bond donors (Lipinski definition) is 2. The number of rotatable bonds is 6. The van der Waals surface area contributed by atoms with Crippen molar-refractivity contribution in [2.45, 2.75) is 26.2 Å². The normalized spacial score (nSPS) is 13.5. The standard InChI is InChI=1S/C24H24N4O4/c1-3-4-9-19-26-22-21(23(30)25-14-20(29)27(22)2)28(19)16-12-10-15(11-13-16)17-7-5-6-8-18(17)24(31)32/h5-8,10-13H,3-4,9,14H2,1-2H3,(H,25,30)(H,31,32). The number of amides is 2. The topological polar surface area (TPSA) is 105 Å². The summed E-state index contributed by atoms with van der Waals surface area (Å²) in [5.74, 6) is -0.530. The number of carboxylic acids is 1. The van der Waals surface area contributed by atoms with Gasteiger partial charge in [0.15, 0.2) is 11.5 Å². The number of carbonyl (C=O) groups is 3. The minimum Gasteiger partial charge on any atom is -0.478 e. The monoisotopic (exact) mass is 432 g/mol. The molecule has 0 radical (unpaired) electrons. The number of aromatic nitrogens is 2. The van der Waals surface area contributed by atoms with E-state index in [4.69, 9.17) is 0 Å². The lowest BCUT2D eigenvalue weighted by Crippen LogP contribution is -2.34. The average Bonchev–Trinajstić information content (AvgIpc) is 3.15. The number of likely N-dealkylation sites (N-methyl/N-ethyl adjacent to an activating group) is 1. The summed E-state index contributed by atoms with van der Waals surface area (Å²) in [5, 5.41) is 12.2. The molecule has 8 heteroatoms. The summed E-state index contributed by atoms with van der Waals surface area (Å²) in [6.07, 6.45) is 2.51. The highest BCUT2D eigenvalue weighted by molar-refractivity contribution is 6.08. The van der Waals surface area contributed by atoms with Gasteiger partial charge in [0.2, 0.25) is 5.91 Å². The first-order valence-corrected chi connectivity index (χ1v) is 10.5. The van der Waals surface area contributed by atoms with Crippen LogP contribution in [0.5, 0.6) is 0 Å². The van der Waals surface area contributed by atoms with Crippen LogP contribution in [0, 0.1) is 0 Å². The van der Waals surface area contributed by atoms with Crippen molar-refractivity contribution < 1.29 is 19.5 Å². The number of carboxylic acid groups (broad SMARTS) is 1. The molecule has 1 aromatic heterocycles. The quantitative estimate of drug-likeness (QED) is 0.622. The van der Waals surface area contributed by atoms with E-state index in [9.17, 15) is 19.5 Å². The van der Waals surface area contributed by atoms with Gasteiger partial charge in [-0.15, -0.1) is 0 Å². The van der Waals surface area contributed by atoms with E-state index in [0.29, 0.717) is 29.3 Å². The molecule has 0 saturated carbocycles. The largest absolute Gasteiger partial charge is 0.478 e. The Bertz CT molecular complexity index is 1200. The Morgan fingerprint density at radius 2 is 1.84 bits per heavy atom. The fourth-order valence-corrected chi connectivity index (χ4v) is 3.86. The first kappa shape index (κ1) is 21.3. The van der Waals surface area contributed by atoms with Crippen molar-refractivity contribution >= 4 is 23.6 Å². The Kier molecular flexibility index (Phi) is 5.77. The number of unbranched alkanes of at least 4 members (excludes halogenated alkanes) is 1. The molecule has 0 atom stereocenters. The molecule has 0 fully saturated rings. The van der Waals surface area contributed by atoms with Crippen molar-refractivity contribution in [3.8, 4) is 16.8 Å². The van der Waals surface area contributed by atoms with Gasteiger partial charge in [0.05, 0.1) is 12.1 Å². The maximum Gasteiger partial charge on any atom is 0.336 e. The number of hydrogen-bond acceptors (Lipinski definition) is 4. The van der Waals surface area contributed by atoms with E-state index >= 15 is 0 Å². The first-order chi connectivity index (χ1) is 15.4. The van der Waals surface area contributed by atoms with E-state index in [1.807, 2.05) is 24.3 Å². The van der Waals surface area contributed by atoms with E-state index in [2.05, 4.69) is 17.2 Å². The van der Waals surface area contributed by atoms with Crippen molar-refractivity contribution in [1.82, 2.24) is 14.9 Å². The van der Waals surface area contributed by atoms with Crippen LogP contribution in [0.2, 0.25) is 0 Å². The van der Waals surface area contributed by atoms with E-state index in [-0.39, 0.29) is 23.9 Å². The summed E-state index contributed by atoms with van der Waals surface area (Å²) in [5.41, 5.74) is 2.64. The van der Waals surface area contributed by atoms with Gasteiger partial charge in [0.1, 0.15) is 5.82 Å². The van der Waals surface area contributed by atoms with E-state index in [1.54, 1.807) is 35.9 Å². The van der Waals surface area contributed by atoms with Gasteiger partial charge in [-0.3, -0.25) is 19.1 Å². The molecule has 2 N–H and O–H groups in total. The second kappa shape index (κ2) is 8.66. The Hall–Kier alpha value is -3.94. The maximum atomic E-state index is 12.9. The summed E-state index contributed by atoms with van der Waals surface area (Å²) in [7, 11) is 1.62. The zero-order valence-corrected chi connectivity index (χ0v) is 18.0. The number of aromatic carboxylic acids is 1. The number of nitrogens with zero attached hydrogens (tertiary/aromatic N) is 3. The van der Waals surface area contributed by atoms with Gasteiger partial charge >= 0.3 is 5.97 Å². The Morgan fingerprint density at radius 1 is 1.12 bits per heavy atom. The summed E-state index contributed by atoms with van der Waals surface area (Å²) >= 11 is 0. The van der Waals surface area contributed by atoms with Crippen molar-refractivity contribution in [2.24, 2.45) is 0 Å². The third kappa shape index (κ3) is 3.75. The van der Waals surface area contributed by atoms with Crippen LogP contribution in [0.15, 0.2) is 48.5 Å². The molecule has 2 heterocycles. The molecule has 0 unspecified atom stereocenters. The van der Waals surface area contributed by atoms with Crippen molar-refractivity contribution in [3.63, 3.8) is 0 Å². The number of imidazole rings is 1. The summed E-state index contributed by atoms with van der Waals surface area (Å²) in [6, 6.07) is 14.2. The van der Waals surface area contributed by atoms with Crippen molar-refractivity contribution in [2.75, 3.05) is 18.5 Å². The van der Waals surface area contributed by atoms with Crippen LogP contribution in [0.25, 0.3) is 16.8 Å². The summed E-state index contributed by atoms with van der Waals surface area (Å²) in [4.78, 5) is 42.8. The third-order valence-corrected chi connectivity index (χ3v) is 5.58. The number of benzene rings is 2. The van der Waals surface area contributed by atoms with Crippen LogP contribution in [-0.4, -0.2) is 46.0 Å². The van der Waals surface area contributed by atoms with Gasteiger partial charge in [0.25, 0.3) is 5.91 Å². The molecule has 0 spiro atoms. The van der Waals surface area contributed by atoms with Crippen LogP contribution in [0.3, 0.4) is 0 Å². The van der Waals surface area contributed by atoms with Crippen LogP contribution >= 0.6 is 0 Å². The van der Waals surface area contributed by atoms with E-state index < -0.39 is 5.97 Å². The van der Waals surface area contributed by atoms with Crippen LogP contribution in [0.1, 0.15) is 46.4 Å². The molecule has 0 saturated heterocycles. The highest BCUT2D eigenvalue weighted by atomic mass is 16.4. The lowest BCUT2D eigenvalue weighted by atomic mass is 9.99. The molecule has 164 valence electrons. The number of fused-ring (bicyclic) bond motifs is 1. The Labute approximate surface area is 185 Å². The molecular weight excluding hydrogens is 408 g/mol. The predicted molar refractivity (Wildman–Crippen MR) is 120 cm³/mol. The fraction of sp³-hybridized carbons (Fsp3) is 0.250. The number of carbonyl (C=O) groups excluding carboxylic acids is 2. The molecule has 2 amide bonds. The minimum atomic E-state index is -0.990. The van der Waals surface area contributed by atoms with Gasteiger partial charge in [-0.25, -0.2) is 9.78 Å². The Balaban J connectivity index is 1.83. The summed E-state index contributed by atoms with van der Waals surface area (Å²) in [6.45, 7) is 2.00. The van der Waals surface area contributed by atoms with Gasteiger partial charge in [-0.2, -0.15) is 0 Å². The molecule has 1 aliphatic rings. The second-order valence-electron chi connectivity index (χ2n) is 7.67. The van der Waals surface area contributed by atoms with Gasteiger partial charge in [-0.05, 0) is 35.7 Å². The Morgan fingerprint density at radius 3 is 2.53 bits per heavy atom. The van der Waals surface area contributed by atoms with Crippen molar-refractivity contribution in [1.29, 1.82) is 0 Å². The molecule has 0 bridgehead atoms. The van der Waals surface area contributed by atoms with Gasteiger partial charge in [-0.1, -0.05) is 43.7 Å². The smallest absolute Gasteiger partial charge is 0.336 e. The van der Waals surface area contributed by atoms with Crippen LogP contribution < -0.4 is 10.2 Å². The third-order valence-electron chi connectivity index (χ3n) is 5.58. The minimum absolute atomic E-state index is 0.0824. The highest BCUT2D eigenvalue weighted by Gasteiger charge is 2.31. The zero-order valence-electron chi connectivity index (χ0n) is 18.0. The van der Waals surface area contributed by atoms with Crippen molar-refractivity contribution in [3.05, 3.63) is 65.6 Å². The maximum absolute atomic E-state index is 12.9. The predicted octanol–water partition coefficient (Wildman–Crippen LogP) is 3.29. The molecule has 1 aliphatic heterocycles.